The first-order valence-electron chi connectivity index (χ1n) is 8.60. The summed E-state index contributed by atoms with van der Waals surface area (Å²) in [4.78, 5) is 18.0. The average Bonchev–Trinajstić information content (AvgIpc) is 2.62. The van der Waals surface area contributed by atoms with E-state index in [-0.39, 0.29) is 6.03 Å². The van der Waals surface area contributed by atoms with Crippen molar-refractivity contribution < 1.29 is 4.79 Å². The Bertz CT molecular complexity index is 732. The van der Waals surface area contributed by atoms with Gasteiger partial charge < -0.3 is 15.1 Å². The summed E-state index contributed by atoms with van der Waals surface area (Å²) in [5, 5.41) is 3.01. The molecule has 1 saturated heterocycles. The summed E-state index contributed by atoms with van der Waals surface area (Å²) in [6.45, 7) is 6.59. The molecule has 1 fully saturated rings. The van der Waals surface area contributed by atoms with Crippen LogP contribution >= 0.6 is 11.8 Å². The Morgan fingerprint density at radius 1 is 1.16 bits per heavy atom. The molecule has 0 spiro atoms. The number of urea groups is 1. The second-order valence-corrected chi connectivity index (χ2v) is 7.37. The molecule has 4 nitrogen and oxygen atoms in total. The predicted octanol–water partition coefficient (Wildman–Crippen LogP) is 4.46. The maximum absolute atomic E-state index is 12.6. The molecule has 2 amide bonds. The molecule has 2 aromatic carbocycles. The number of anilines is 2. The highest BCUT2D eigenvalue weighted by Gasteiger charge is 2.26. The summed E-state index contributed by atoms with van der Waals surface area (Å²) < 4.78 is 0. The van der Waals surface area contributed by atoms with Crippen LogP contribution in [0.15, 0.2) is 53.4 Å². The van der Waals surface area contributed by atoms with E-state index in [9.17, 15) is 4.79 Å². The van der Waals surface area contributed by atoms with Crippen LogP contribution in [0.4, 0.5) is 16.2 Å². The van der Waals surface area contributed by atoms with Crippen molar-refractivity contribution >= 4 is 29.2 Å². The number of aryl methyl sites for hydroxylation is 1. The molecule has 5 heteroatoms. The van der Waals surface area contributed by atoms with Gasteiger partial charge in [-0.25, -0.2) is 4.79 Å². The van der Waals surface area contributed by atoms with Gasteiger partial charge in [-0.15, -0.1) is 11.8 Å². The number of amides is 2. The van der Waals surface area contributed by atoms with Gasteiger partial charge in [-0.2, -0.15) is 0 Å². The van der Waals surface area contributed by atoms with Gasteiger partial charge in [0.2, 0.25) is 0 Å². The van der Waals surface area contributed by atoms with Gasteiger partial charge in [0, 0.05) is 41.9 Å². The third-order valence-electron chi connectivity index (χ3n) is 4.59. The SMILES string of the molecule is CSc1ccc(NC(=O)N2CCN(c3cccc(C)c3)[C@H](C)C2)cc1. The molecule has 0 aromatic heterocycles. The summed E-state index contributed by atoms with van der Waals surface area (Å²) in [5.41, 5.74) is 3.34. The number of benzene rings is 2. The van der Waals surface area contributed by atoms with E-state index in [2.05, 4.69) is 48.3 Å². The molecule has 0 bridgehead atoms. The standard InChI is InChI=1S/C20H25N3OS/c1-15-5-4-6-18(13-15)23-12-11-22(14-16(23)2)20(24)21-17-7-9-19(25-3)10-8-17/h4-10,13,16H,11-12,14H2,1-3H3,(H,21,24)/t16-/m1/s1. The summed E-state index contributed by atoms with van der Waals surface area (Å²) in [6.07, 6.45) is 2.04. The van der Waals surface area contributed by atoms with Gasteiger partial charge in [0.15, 0.2) is 0 Å². The maximum atomic E-state index is 12.6. The van der Waals surface area contributed by atoms with Crippen LogP contribution in [0.3, 0.4) is 0 Å². The first kappa shape index (κ1) is 17.7. The number of piperazine rings is 1. The largest absolute Gasteiger partial charge is 0.365 e. The zero-order chi connectivity index (χ0) is 17.8. The molecule has 25 heavy (non-hydrogen) atoms. The lowest BCUT2D eigenvalue weighted by Crippen LogP contribution is -2.54. The van der Waals surface area contributed by atoms with E-state index in [0.717, 1.165) is 25.3 Å². The van der Waals surface area contributed by atoms with Gasteiger partial charge >= 0.3 is 6.03 Å². The monoisotopic (exact) mass is 355 g/mol. The fourth-order valence-electron chi connectivity index (χ4n) is 3.21. The van der Waals surface area contributed by atoms with Gasteiger partial charge in [-0.3, -0.25) is 0 Å². The Hall–Kier alpha value is -2.14. The number of nitrogens with one attached hydrogen (secondary N) is 1. The molecule has 1 atom stereocenters. The molecule has 1 heterocycles. The molecule has 0 aliphatic carbocycles. The van der Waals surface area contributed by atoms with Crippen molar-refractivity contribution in [1.82, 2.24) is 4.90 Å². The molecule has 0 saturated carbocycles. The minimum atomic E-state index is -0.0207. The zero-order valence-corrected chi connectivity index (χ0v) is 15.8. The Kier molecular flexibility index (Phi) is 5.53. The quantitative estimate of drug-likeness (QED) is 0.826. The van der Waals surface area contributed by atoms with E-state index in [1.807, 2.05) is 35.4 Å². The normalized spacial score (nSPS) is 17.5. The molecule has 1 N–H and O–H groups in total. The average molecular weight is 356 g/mol. The fraction of sp³-hybridized carbons (Fsp3) is 0.350. The number of rotatable bonds is 3. The highest BCUT2D eigenvalue weighted by Crippen LogP contribution is 2.22. The lowest BCUT2D eigenvalue weighted by Gasteiger charge is -2.41. The summed E-state index contributed by atoms with van der Waals surface area (Å²) in [7, 11) is 0. The third kappa shape index (κ3) is 4.28. The number of nitrogens with zero attached hydrogens (tertiary/aromatic N) is 2. The number of carbonyl (C=O) groups excluding carboxylic acids is 1. The van der Waals surface area contributed by atoms with E-state index in [1.165, 1.54) is 16.1 Å². The van der Waals surface area contributed by atoms with Gasteiger partial charge in [0.25, 0.3) is 0 Å². The number of carbonyl (C=O) groups is 1. The topological polar surface area (TPSA) is 35.6 Å². The first-order chi connectivity index (χ1) is 12.1. The maximum Gasteiger partial charge on any atom is 0.321 e. The van der Waals surface area contributed by atoms with Crippen LogP contribution < -0.4 is 10.2 Å². The van der Waals surface area contributed by atoms with E-state index in [1.54, 1.807) is 11.8 Å². The molecule has 2 aromatic rings. The smallest absolute Gasteiger partial charge is 0.321 e. The van der Waals surface area contributed by atoms with E-state index >= 15 is 0 Å². The lowest BCUT2D eigenvalue weighted by molar-refractivity contribution is 0.200. The van der Waals surface area contributed by atoms with Crippen LogP contribution in [0.2, 0.25) is 0 Å². The summed E-state index contributed by atoms with van der Waals surface area (Å²) in [5.74, 6) is 0. The zero-order valence-electron chi connectivity index (χ0n) is 15.0. The van der Waals surface area contributed by atoms with Crippen LogP contribution in [-0.2, 0) is 0 Å². The molecule has 0 radical (unpaired) electrons. The fourth-order valence-corrected chi connectivity index (χ4v) is 3.62. The first-order valence-corrected chi connectivity index (χ1v) is 9.82. The third-order valence-corrected chi connectivity index (χ3v) is 5.33. The number of thioether (sulfide) groups is 1. The van der Waals surface area contributed by atoms with Crippen LogP contribution in [0.5, 0.6) is 0 Å². The molecule has 3 rings (SSSR count). The Labute approximate surface area is 154 Å². The summed E-state index contributed by atoms with van der Waals surface area (Å²) in [6, 6.07) is 16.8. The Balaban J connectivity index is 1.60. The highest BCUT2D eigenvalue weighted by atomic mass is 32.2. The van der Waals surface area contributed by atoms with Crippen molar-refractivity contribution in [1.29, 1.82) is 0 Å². The van der Waals surface area contributed by atoms with E-state index in [0.29, 0.717) is 6.04 Å². The molecule has 1 aliphatic rings. The molecular formula is C20H25N3OS. The van der Waals surface area contributed by atoms with Crippen LogP contribution in [0, 0.1) is 6.92 Å². The van der Waals surface area contributed by atoms with Crippen LogP contribution in [0.25, 0.3) is 0 Å². The van der Waals surface area contributed by atoms with Crippen LogP contribution in [-0.4, -0.2) is 42.9 Å². The summed E-state index contributed by atoms with van der Waals surface area (Å²) >= 11 is 1.70. The second kappa shape index (κ2) is 7.83. The molecule has 1 aliphatic heterocycles. The lowest BCUT2D eigenvalue weighted by atomic mass is 10.1. The molecule has 132 valence electrons. The molecule has 0 unspecified atom stereocenters. The van der Waals surface area contributed by atoms with E-state index in [4.69, 9.17) is 0 Å². The predicted molar refractivity (Wildman–Crippen MR) is 107 cm³/mol. The number of hydrogen-bond acceptors (Lipinski definition) is 3. The van der Waals surface area contributed by atoms with Gasteiger partial charge in [0.05, 0.1) is 0 Å². The van der Waals surface area contributed by atoms with Crippen molar-refractivity contribution in [3.05, 3.63) is 54.1 Å². The number of hydrogen-bond donors (Lipinski definition) is 1. The van der Waals surface area contributed by atoms with Gasteiger partial charge in [0.1, 0.15) is 0 Å². The molecular weight excluding hydrogens is 330 g/mol. The Morgan fingerprint density at radius 3 is 2.56 bits per heavy atom. The minimum Gasteiger partial charge on any atom is -0.365 e. The van der Waals surface area contributed by atoms with Crippen molar-refractivity contribution in [2.24, 2.45) is 0 Å². The van der Waals surface area contributed by atoms with Crippen LogP contribution in [0.1, 0.15) is 12.5 Å². The van der Waals surface area contributed by atoms with Gasteiger partial charge in [-0.1, -0.05) is 12.1 Å². The van der Waals surface area contributed by atoms with Crippen molar-refractivity contribution in [3.8, 4) is 0 Å². The van der Waals surface area contributed by atoms with Crippen molar-refractivity contribution in [3.63, 3.8) is 0 Å². The highest BCUT2D eigenvalue weighted by molar-refractivity contribution is 7.98. The van der Waals surface area contributed by atoms with Gasteiger partial charge in [-0.05, 0) is 62.1 Å². The van der Waals surface area contributed by atoms with E-state index < -0.39 is 0 Å². The van der Waals surface area contributed by atoms with Crippen molar-refractivity contribution in [2.75, 3.05) is 36.1 Å². The second-order valence-electron chi connectivity index (χ2n) is 6.49. The minimum absolute atomic E-state index is 0.0207. The van der Waals surface area contributed by atoms with Crippen molar-refractivity contribution in [2.45, 2.75) is 24.8 Å². The Morgan fingerprint density at radius 2 is 1.92 bits per heavy atom.